The number of aromatic nitrogens is 1. The number of carbonyl (C=O) groups excluding carboxylic acids is 1. The van der Waals surface area contributed by atoms with Crippen LogP contribution in [0, 0.1) is 0 Å². The summed E-state index contributed by atoms with van der Waals surface area (Å²) >= 11 is 0. The number of benzene rings is 2. The average Bonchev–Trinajstić information content (AvgIpc) is 2.73. The molecule has 1 aromatic heterocycles. The van der Waals surface area contributed by atoms with Crippen LogP contribution in [-0.2, 0) is 7.05 Å². The highest BCUT2D eigenvalue weighted by Gasteiger charge is 2.26. The molecule has 1 aliphatic rings. The first-order valence-corrected chi connectivity index (χ1v) is 9.72. The molecule has 0 spiro atoms. The number of nitrogens with zero attached hydrogens (tertiary/aromatic N) is 1. The number of aromatic hydroxyl groups is 1. The van der Waals surface area contributed by atoms with Crippen LogP contribution in [0.25, 0.3) is 10.9 Å². The van der Waals surface area contributed by atoms with E-state index in [1.165, 1.54) is 10.1 Å². The molecule has 0 saturated heterocycles. The highest BCUT2D eigenvalue weighted by Crippen LogP contribution is 2.33. The maximum Gasteiger partial charge on any atom is 0.293 e. The molecule has 144 valence electrons. The van der Waals surface area contributed by atoms with E-state index in [1.807, 2.05) is 12.1 Å². The third kappa shape index (κ3) is 3.28. The van der Waals surface area contributed by atoms with Crippen LogP contribution in [-0.4, -0.2) is 21.6 Å². The zero-order valence-corrected chi connectivity index (χ0v) is 15.9. The molecular weight excluding hydrogens is 352 g/mol. The minimum atomic E-state index is -0.559. The van der Waals surface area contributed by atoms with Crippen molar-refractivity contribution in [3.05, 3.63) is 76.1 Å². The van der Waals surface area contributed by atoms with Crippen molar-refractivity contribution in [1.82, 2.24) is 9.88 Å². The monoisotopic (exact) mass is 376 g/mol. The molecule has 1 saturated carbocycles. The Morgan fingerprint density at radius 3 is 2.36 bits per heavy atom. The molecule has 0 aliphatic heterocycles. The van der Waals surface area contributed by atoms with E-state index in [2.05, 4.69) is 29.6 Å². The van der Waals surface area contributed by atoms with Crippen molar-refractivity contribution in [2.45, 2.75) is 37.6 Å². The molecule has 0 unspecified atom stereocenters. The Balaban J connectivity index is 1.53. The third-order valence-corrected chi connectivity index (χ3v) is 5.84. The van der Waals surface area contributed by atoms with Gasteiger partial charge in [0.1, 0.15) is 0 Å². The van der Waals surface area contributed by atoms with Crippen LogP contribution in [0.5, 0.6) is 5.75 Å². The van der Waals surface area contributed by atoms with Gasteiger partial charge in [0.05, 0.1) is 11.1 Å². The van der Waals surface area contributed by atoms with Crippen molar-refractivity contribution < 1.29 is 9.90 Å². The SMILES string of the molecule is Cn1c(=O)c(O)c(C(=O)N[C@H]2CC[C@@H](c3ccccc3)CC2)c2ccccc21. The van der Waals surface area contributed by atoms with E-state index < -0.39 is 11.3 Å². The first kappa shape index (κ1) is 18.3. The van der Waals surface area contributed by atoms with Gasteiger partial charge in [-0.1, -0.05) is 48.5 Å². The van der Waals surface area contributed by atoms with Gasteiger partial charge in [-0.25, -0.2) is 0 Å². The second kappa shape index (κ2) is 7.50. The van der Waals surface area contributed by atoms with Gasteiger partial charge < -0.3 is 15.0 Å². The summed E-state index contributed by atoms with van der Waals surface area (Å²) in [4.78, 5) is 25.3. The molecule has 1 fully saturated rings. The number of rotatable bonds is 3. The van der Waals surface area contributed by atoms with E-state index in [-0.39, 0.29) is 17.5 Å². The van der Waals surface area contributed by atoms with Crippen molar-refractivity contribution in [3.8, 4) is 5.75 Å². The fraction of sp³-hybridized carbons (Fsp3) is 0.304. The molecule has 3 aromatic rings. The first-order valence-electron chi connectivity index (χ1n) is 9.72. The highest BCUT2D eigenvalue weighted by molar-refractivity contribution is 6.08. The summed E-state index contributed by atoms with van der Waals surface area (Å²) in [7, 11) is 1.59. The first-order chi connectivity index (χ1) is 13.6. The number of para-hydroxylation sites is 1. The Morgan fingerprint density at radius 1 is 1.00 bits per heavy atom. The summed E-state index contributed by atoms with van der Waals surface area (Å²) in [6.07, 6.45) is 3.79. The molecule has 1 amide bonds. The lowest BCUT2D eigenvalue weighted by Gasteiger charge is -2.29. The lowest BCUT2D eigenvalue weighted by Crippen LogP contribution is -2.38. The van der Waals surface area contributed by atoms with Crippen molar-refractivity contribution in [2.24, 2.45) is 7.05 Å². The summed E-state index contributed by atoms with van der Waals surface area (Å²) in [5, 5.41) is 14.0. The summed E-state index contributed by atoms with van der Waals surface area (Å²) in [6, 6.07) is 17.7. The number of pyridine rings is 1. The van der Waals surface area contributed by atoms with Crippen molar-refractivity contribution in [3.63, 3.8) is 0 Å². The van der Waals surface area contributed by atoms with Crippen LogP contribution in [0.3, 0.4) is 0 Å². The molecule has 28 heavy (non-hydrogen) atoms. The second-order valence-corrected chi connectivity index (χ2v) is 7.54. The standard InChI is InChI=1S/C23H24N2O3/c1-25-19-10-6-5-9-18(19)20(21(26)23(25)28)22(27)24-17-13-11-16(12-14-17)15-7-3-2-4-8-15/h2-10,16-17,26H,11-14H2,1H3,(H,24,27)/t16-,17+. The normalized spacial score (nSPS) is 19.5. The van der Waals surface area contributed by atoms with E-state index in [0.29, 0.717) is 16.8 Å². The van der Waals surface area contributed by atoms with Gasteiger partial charge in [0.15, 0.2) is 5.75 Å². The van der Waals surface area contributed by atoms with Gasteiger partial charge >= 0.3 is 0 Å². The number of fused-ring (bicyclic) bond motifs is 1. The smallest absolute Gasteiger partial charge is 0.293 e. The maximum atomic E-state index is 12.9. The molecule has 1 heterocycles. The Bertz CT molecular complexity index is 1060. The van der Waals surface area contributed by atoms with Crippen molar-refractivity contribution in [2.75, 3.05) is 0 Å². The predicted octanol–water partition coefficient (Wildman–Crippen LogP) is 3.70. The Kier molecular flexibility index (Phi) is 4.90. The molecule has 1 aliphatic carbocycles. The number of hydrogen-bond acceptors (Lipinski definition) is 3. The van der Waals surface area contributed by atoms with Gasteiger partial charge in [-0.2, -0.15) is 0 Å². The Morgan fingerprint density at radius 2 is 1.64 bits per heavy atom. The summed E-state index contributed by atoms with van der Waals surface area (Å²) in [5.74, 6) is -0.348. The average molecular weight is 376 g/mol. The summed E-state index contributed by atoms with van der Waals surface area (Å²) < 4.78 is 1.37. The second-order valence-electron chi connectivity index (χ2n) is 7.54. The van der Waals surface area contributed by atoms with Crippen molar-refractivity contribution >= 4 is 16.8 Å². The predicted molar refractivity (Wildman–Crippen MR) is 110 cm³/mol. The van der Waals surface area contributed by atoms with Crippen LogP contribution in [0.2, 0.25) is 0 Å². The molecule has 4 rings (SSSR count). The molecule has 0 radical (unpaired) electrons. The Labute approximate surface area is 163 Å². The van der Waals surface area contributed by atoms with Gasteiger partial charge in [0, 0.05) is 18.5 Å². The van der Waals surface area contributed by atoms with E-state index in [4.69, 9.17) is 0 Å². The highest BCUT2D eigenvalue weighted by atomic mass is 16.3. The fourth-order valence-corrected chi connectivity index (χ4v) is 4.26. The number of carbonyl (C=O) groups is 1. The lowest BCUT2D eigenvalue weighted by atomic mass is 9.81. The van der Waals surface area contributed by atoms with Crippen molar-refractivity contribution in [1.29, 1.82) is 0 Å². The topological polar surface area (TPSA) is 71.3 Å². The number of amides is 1. The number of aryl methyl sites for hydroxylation is 1. The quantitative estimate of drug-likeness (QED) is 0.732. The van der Waals surface area contributed by atoms with Gasteiger partial charge in [-0.15, -0.1) is 0 Å². The minimum Gasteiger partial charge on any atom is -0.502 e. The van der Waals surface area contributed by atoms with Gasteiger partial charge in [0.2, 0.25) is 0 Å². The summed E-state index contributed by atoms with van der Waals surface area (Å²) in [5.41, 5.74) is 1.49. The molecule has 0 bridgehead atoms. The van der Waals surface area contributed by atoms with E-state index in [1.54, 1.807) is 25.2 Å². The zero-order chi connectivity index (χ0) is 19.7. The van der Waals surface area contributed by atoms with Gasteiger partial charge in [-0.3, -0.25) is 9.59 Å². The summed E-state index contributed by atoms with van der Waals surface area (Å²) in [6.45, 7) is 0. The van der Waals surface area contributed by atoms with E-state index in [9.17, 15) is 14.7 Å². The van der Waals surface area contributed by atoms with Crippen LogP contribution in [0.4, 0.5) is 0 Å². The third-order valence-electron chi connectivity index (χ3n) is 5.84. The van der Waals surface area contributed by atoms with E-state index in [0.717, 1.165) is 25.7 Å². The number of hydrogen-bond donors (Lipinski definition) is 2. The largest absolute Gasteiger partial charge is 0.502 e. The fourth-order valence-electron chi connectivity index (χ4n) is 4.26. The van der Waals surface area contributed by atoms with Gasteiger partial charge in [-0.05, 0) is 43.2 Å². The number of nitrogens with one attached hydrogen (secondary N) is 1. The van der Waals surface area contributed by atoms with E-state index >= 15 is 0 Å². The molecule has 0 atom stereocenters. The maximum absolute atomic E-state index is 12.9. The lowest BCUT2D eigenvalue weighted by molar-refractivity contribution is 0.0924. The van der Waals surface area contributed by atoms with Crippen LogP contribution >= 0.6 is 0 Å². The molecule has 2 aromatic carbocycles. The van der Waals surface area contributed by atoms with Crippen LogP contribution in [0.1, 0.15) is 47.5 Å². The van der Waals surface area contributed by atoms with Crippen LogP contribution < -0.4 is 10.9 Å². The van der Waals surface area contributed by atoms with Crippen LogP contribution in [0.15, 0.2) is 59.4 Å². The zero-order valence-electron chi connectivity index (χ0n) is 15.9. The minimum absolute atomic E-state index is 0.0506. The van der Waals surface area contributed by atoms with Gasteiger partial charge in [0.25, 0.3) is 11.5 Å². The molecule has 5 heteroatoms. The Hall–Kier alpha value is -3.08. The molecular formula is C23H24N2O3. The molecule has 5 nitrogen and oxygen atoms in total. The molecule has 2 N–H and O–H groups in total.